The molecule has 2 heterocycles. The van der Waals surface area contributed by atoms with E-state index in [1.54, 1.807) is 4.68 Å². The summed E-state index contributed by atoms with van der Waals surface area (Å²) >= 11 is 0. The van der Waals surface area contributed by atoms with E-state index in [9.17, 15) is 9.59 Å². The van der Waals surface area contributed by atoms with Crippen LogP contribution >= 0.6 is 0 Å². The fourth-order valence-corrected chi connectivity index (χ4v) is 4.05. The van der Waals surface area contributed by atoms with Crippen molar-refractivity contribution >= 4 is 11.8 Å². The van der Waals surface area contributed by atoms with Crippen molar-refractivity contribution < 1.29 is 9.59 Å². The van der Waals surface area contributed by atoms with Gasteiger partial charge in [-0.05, 0) is 56.7 Å². The van der Waals surface area contributed by atoms with Crippen LogP contribution in [0.15, 0.2) is 18.2 Å². The zero-order valence-electron chi connectivity index (χ0n) is 17.4. The van der Waals surface area contributed by atoms with Gasteiger partial charge in [-0.3, -0.25) is 9.59 Å². The maximum atomic E-state index is 12.5. The van der Waals surface area contributed by atoms with Gasteiger partial charge in [0, 0.05) is 38.0 Å². The summed E-state index contributed by atoms with van der Waals surface area (Å²) in [5.74, 6) is 0.211. The number of nitrogens with zero attached hydrogens (tertiary/aromatic N) is 4. The van der Waals surface area contributed by atoms with Crippen LogP contribution in [0.5, 0.6) is 0 Å². The highest BCUT2D eigenvalue weighted by Crippen LogP contribution is 2.23. The molecule has 1 aromatic heterocycles. The van der Waals surface area contributed by atoms with Crippen LogP contribution in [0.3, 0.4) is 0 Å². The number of hydrogen-bond acceptors (Lipinski definition) is 4. The molecule has 1 aliphatic heterocycles. The Balaban J connectivity index is 1.37. The number of nitrogens with one attached hydrogen (secondary N) is 1. The molecular weight excluding hydrogens is 366 g/mol. The van der Waals surface area contributed by atoms with E-state index >= 15 is 0 Å². The summed E-state index contributed by atoms with van der Waals surface area (Å²) in [6.07, 6.45) is 3.76. The maximum Gasteiger partial charge on any atom is 0.273 e. The molecule has 1 saturated heterocycles. The molecule has 1 N–H and O–H groups in total. The smallest absolute Gasteiger partial charge is 0.273 e. The van der Waals surface area contributed by atoms with Crippen LogP contribution in [0, 0.1) is 26.7 Å². The van der Waals surface area contributed by atoms with Gasteiger partial charge in [0.15, 0.2) is 5.69 Å². The van der Waals surface area contributed by atoms with Gasteiger partial charge in [-0.2, -0.15) is 0 Å². The summed E-state index contributed by atoms with van der Waals surface area (Å²) in [4.78, 5) is 26.8. The number of amides is 2. The van der Waals surface area contributed by atoms with E-state index in [1.165, 1.54) is 17.5 Å². The second kappa shape index (κ2) is 7.97. The fourth-order valence-electron chi connectivity index (χ4n) is 4.05. The molecule has 7 nitrogen and oxygen atoms in total. The fraction of sp³-hybridized carbons (Fsp3) is 0.545. The number of carbonyl (C=O) groups excluding carboxylic acids is 2. The zero-order chi connectivity index (χ0) is 20.5. The first-order valence-corrected chi connectivity index (χ1v) is 10.5. The van der Waals surface area contributed by atoms with Crippen LogP contribution in [0.25, 0.3) is 0 Å². The van der Waals surface area contributed by atoms with E-state index < -0.39 is 0 Å². The number of rotatable bonds is 6. The summed E-state index contributed by atoms with van der Waals surface area (Å²) in [6, 6.07) is 6.64. The molecule has 0 spiro atoms. The van der Waals surface area contributed by atoms with Crippen molar-refractivity contribution in [2.75, 3.05) is 6.54 Å². The molecule has 4 rings (SSSR count). The molecule has 2 amide bonds. The first kappa shape index (κ1) is 19.6. The Morgan fingerprint density at radius 1 is 1.21 bits per heavy atom. The zero-order valence-corrected chi connectivity index (χ0v) is 17.4. The average Bonchev–Trinajstić information content (AvgIpc) is 3.17. The monoisotopic (exact) mass is 395 g/mol. The number of benzene rings is 1. The molecule has 29 heavy (non-hydrogen) atoms. The van der Waals surface area contributed by atoms with E-state index in [-0.39, 0.29) is 23.8 Å². The van der Waals surface area contributed by atoms with E-state index in [0.29, 0.717) is 31.7 Å². The summed E-state index contributed by atoms with van der Waals surface area (Å²) in [6.45, 7) is 8.01. The highest BCUT2D eigenvalue weighted by molar-refractivity contribution is 5.93. The molecule has 7 heteroatoms. The maximum absolute atomic E-state index is 12.5. The predicted octanol–water partition coefficient (Wildman–Crippen LogP) is 2.53. The number of carbonyl (C=O) groups is 2. The van der Waals surface area contributed by atoms with E-state index in [0.717, 1.165) is 24.1 Å². The van der Waals surface area contributed by atoms with Gasteiger partial charge in [0.05, 0.1) is 5.69 Å². The normalized spacial score (nSPS) is 19.5. The van der Waals surface area contributed by atoms with Crippen molar-refractivity contribution in [3.05, 3.63) is 46.3 Å². The van der Waals surface area contributed by atoms with Crippen LogP contribution in [-0.4, -0.2) is 44.3 Å². The van der Waals surface area contributed by atoms with Crippen molar-refractivity contribution in [2.24, 2.45) is 5.92 Å². The summed E-state index contributed by atoms with van der Waals surface area (Å²) in [7, 11) is 0. The van der Waals surface area contributed by atoms with Gasteiger partial charge < -0.3 is 10.2 Å². The molecule has 0 bridgehead atoms. The van der Waals surface area contributed by atoms with Gasteiger partial charge in [0.2, 0.25) is 5.91 Å². The molecule has 2 aromatic rings. The standard InChI is InChI=1S/C22H29N5O2/c1-14-7-8-17(9-15(14)2)11-26-12-18(10-20(26)28)13-27-16(3)21(24-25-27)22(29)23-19-5-4-6-19/h7-9,18-19H,4-6,10-13H2,1-3H3,(H,23,29). The summed E-state index contributed by atoms with van der Waals surface area (Å²) in [5.41, 5.74) is 4.83. The third-order valence-corrected chi connectivity index (χ3v) is 6.31. The van der Waals surface area contributed by atoms with Crippen LogP contribution < -0.4 is 5.32 Å². The molecule has 154 valence electrons. The molecule has 1 aromatic carbocycles. The second-order valence-electron chi connectivity index (χ2n) is 8.57. The van der Waals surface area contributed by atoms with Crippen LogP contribution in [0.4, 0.5) is 0 Å². The van der Waals surface area contributed by atoms with Gasteiger partial charge in [0.25, 0.3) is 5.91 Å². The Morgan fingerprint density at radius 2 is 2.00 bits per heavy atom. The quantitative estimate of drug-likeness (QED) is 0.815. The Labute approximate surface area is 171 Å². The third-order valence-electron chi connectivity index (χ3n) is 6.31. The minimum atomic E-state index is -0.141. The van der Waals surface area contributed by atoms with Gasteiger partial charge in [-0.1, -0.05) is 23.4 Å². The third kappa shape index (κ3) is 4.18. The van der Waals surface area contributed by atoms with Crippen LogP contribution in [0.2, 0.25) is 0 Å². The molecule has 2 fully saturated rings. The Hall–Kier alpha value is -2.70. The van der Waals surface area contributed by atoms with E-state index in [4.69, 9.17) is 0 Å². The summed E-state index contributed by atoms with van der Waals surface area (Å²) in [5, 5.41) is 11.3. The van der Waals surface area contributed by atoms with Gasteiger partial charge in [-0.15, -0.1) is 5.10 Å². The van der Waals surface area contributed by atoms with Crippen molar-refractivity contribution in [2.45, 2.75) is 65.6 Å². The minimum Gasteiger partial charge on any atom is -0.348 e. The first-order chi connectivity index (χ1) is 13.9. The van der Waals surface area contributed by atoms with E-state index in [2.05, 4.69) is 47.7 Å². The molecule has 2 aliphatic rings. The van der Waals surface area contributed by atoms with Crippen molar-refractivity contribution in [1.29, 1.82) is 0 Å². The molecule has 1 atom stereocenters. The molecule has 0 radical (unpaired) electrons. The predicted molar refractivity (Wildman–Crippen MR) is 109 cm³/mol. The minimum absolute atomic E-state index is 0.141. The van der Waals surface area contributed by atoms with Gasteiger partial charge in [0.1, 0.15) is 0 Å². The van der Waals surface area contributed by atoms with Crippen molar-refractivity contribution in [1.82, 2.24) is 25.2 Å². The number of aromatic nitrogens is 3. The van der Waals surface area contributed by atoms with Crippen molar-refractivity contribution in [3.8, 4) is 0 Å². The lowest BCUT2D eigenvalue weighted by molar-refractivity contribution is -0.128. The SMILES string of the molecule is Cc1ccc(CN2CC(Cn3nnc(C(=O)NC4CCC4)c3C)CC2=O)cc1C. The van der Waals surface area contributed by atoms with Crippen molar-refractivity contribution in [3.63, 3.8) is 0 Å². The van der Waals surface area contributed by atoms with Crippen LogP contribution in [-0.2, 0) is 17.9 Å². The van der Waals surface area contributed by atoms with Gasteiger partial charge >= 0.3 is 0 Å². The lowest BCUT2D eigenvalue weighted by Crippen LogP contribution is -2.39. The average molecular weight is 396 g/mol. The Bertz CT molecular complexity index is 931. The lowest BCUT2D eigenvalue weighted by atomic mass is 9.93. The molecule has 1 unspecified atom stereocenters. The molecular formula is C22H29N5O2. The Morgan fingerprint density at radius 3 is 2.69 bits per heavy atom. The van der Waals surface area contributed by atoms with Gasteiger partial charge in [-0.25, -0.2) is 4.68 Å². The second-order valence-corrected chi connectivity index (χ2v) is 8.57. The highest BCUT2D eigenvalue weighted by Gasteiger charge is 2.31. The largest absolute Gasteiger partial charge is 0.348 e. The number of likely N-dealkylation sites (tertiary alicyclic amines) is 1. The first-order valence-electron chi connectivity index (χ1n) is 10.5. The Kier molecular flexibility index (Phi) is 5.39. The molecule has 1 saturated carbocycles. The van der Waals surface area contributed by atoms with Crippen LogP contribution in [0.1, 0.15) is 58.6 Å². The molecule has 1 aliphatic carbocycles. The summed E-state index contributed by atoms with van der Waals surface area (Å²) < 4.78 is 1.77. The topological polar surface area (TPSA) is 80.1 Å². The van der Waals surface area contributed by atoms with E-state index in [1.807, 2.05) is 11.8 Å². The highest BCUT2D eigenvalue weighted by atomic mass is 16.2. The lowest BCUT2D eigenvalue weighted by Gasteiger charge is -2.25. The number of hydrogen-bond donors (Lipinski definition) is 1. The number of aryl methyl sites for hydroxylation is 2.